The maximum Gasteiger partial charge on any atom is 0.326 e. The fourth-order valence-electron chi connectivity index (χ4n) is 5.46. The van der Waals surface area contributed by atoms with Crippen LogP contribution in [0.5, 0.6) is 0 Å². The van der Waals surface area contributed by atoms with Crippen molar-refractivity contribution < 1.29 is 24.0 Å². The predicted molar refractivity (Wildman–Crippen MR) is 187 cm³/mol. The molecule has 2 amide bonds. The summed E-state index contributed by atoms with van der Waals surface area (Å²) >= 11 is 5.11. The number of nitrogen functional groups attached to an aromatic ring is 1. The second-order valence-corrected chi connectivity index (χ2v) is 15.4. The second-order valence-electron chi connectivity index (χ2n) is 10.8. The van der Waals surface area contributed by atoms with Crippen LogP contribution in [0.25, 0.3) is 10.2 Å². The first-order valence-electron chi connectivity index (χ1n) is 14.6. The number of fused-ring (bicyclic) bond motifs is 2. The largest absolute Gasteiger partial charge is 0.451 e. The third kappa shape index (κ3) is 6.23. The molecule has 0 radical (unpaired) electrons. The zero-order valence-electron chi connectivity index (χ0n) is 25.2. The number of carbonyl (C=O) groups is 3. The van der Waals surface area contributed by atoms with Gasteiger partial charge < -0.3 is 25.5 Å². The first kappa shape index (κ1) is 32.1. The van der Waals surface area contributed by atoms with E-state index in [1.54, 1.807) is 4.90 Å². The highest BCUT2D eigenvalue weighted by molar-refractivity contribution is 8.06. The van der Waals surface area contributed by atoms with E-state index >= 15 is 0 Å². The van der Waals surface area contributed by atoms with Gasteiger partial charge in [0.05, 0.1) is 10.2 Å². The molecule has 3 N–H and O–H groups in total. The highest BCUT2D eigenvalue weighted by atomic mass is 32.2. The molecule has 3 aromatic carbocycles. The quantitative estimate of drug-likeness (QED) is 0.0915. The minimum atomic E-state index is -1.19. The number of hydrogen-bond donors (Lipinski definition) is 2. The van der Waals surface area contributed by atoms with Crippen molar-refractivity contribution in [3.05, 3.63) is 102 Å². The monoisotopic (exact) mass is 717 g/mol. The topological polar surface area (TPSA) is 162 Å². The Balaban J connectivity index is 1.16. The minimum Gasteiger partial charge on any atom is -0.451 e. The van der Waals surface area contributed by atoms with Crippen molar-refractivity contribution in [1.29, 1.82) is 0 Å². The molecule has 2 unspecified atom stereocenters. The summed E-state index contributed by atoms with van der Waals surface area (Å²) < 4.78 is 10.9. The Hall–Kier alpha value is -4.51. The van der Waals surface area contributed by atoms with E-state index in [0.29, 0.717) is 10.1 Å². The van der Waals surface area contributed by atoms with Crippen molar-refractivity contribution in [2.24, 2.45) is 5.16 Å². The highest BCUT2D eigenvalue weighted by Crippen LogP contribution is 2.49. The molecule has 2 aromatic heterocycles. The molecule has 2 aliphatic rings. The van der Waals surface area contributed by atoms with Crippen LogP contribution in [-0.2, 0) is 24.0 Å². The maximum absolute atomic E-state index is 14.5. The molecular formula is C32H27N7O5S4. The van der Waals surface area contributed by atoms with Crippen LogP contribution in [0.2, 0.25) is 0 Å². The fourth-order valence-corrected chi connectivity index (χ4v) is 10.1. The SMILES string of the molecule is CON=C(C(=O)NC1C(=O)N2CC(Sc3nc4ccccc4s3)(C(=O)OC(c3ccccc3)c3ccccc3)CS[C@H]12)c1nsc(N)n1. The number of ether oxygens (including phenoxy) is 1. The number of thiazole rings is 1. The zero-order chi connectivity index (χ0) is 33.3. The van der Waals surface area contributed by atoms with E-state index in [4.69, 9.17) is 20.3 Å². The number of carbonyl (C=O) groups excluding carboxylic acids is 3. The summed E-state index contributed by atoms with van der Waals surface area (Å²) in [5, 5.41) is 6.25. The van der Waals surface area contributed by atoms with Crippen molar-refractivity contribution in [3.63, 3.8) is 0 Å². The Morgan fingerprint density at radius 1 is 1.04 bits per heavy atom. The molecule has 48 heavy (non-hydrogen) atoms. The lowest BCUT2D eigenvalue weighted by Gasteiger charge is -2.53. The molecule has 2 fully saturated rings. The molecule has 4 heterocycles. The summed E-state index contributed by atoms with van der Waals surface area (Å²) in [6.45, 7) is 0.0643. The minimum absolute atomic E-state index is 0.00263. The number of anilines is 1. The Labute approximate surface area is 291 Å². The van der Waals surface area contributed by atoms with Crippen LogP contribution in [-0.4, -0.2) is 78.3 Å². The molecule has 12 nitrogen and oxygen atoms in total. The highest BCUT2D eigenvalue weighted by Gasteiger charge is 2.59. The number of nitrogens with one attached hydrogen (secondary N) is 1. The molecule has 2 aliphatic heterocycles. The van der Waals surface area contributed by atoms with Gasteiger partial charge in [0.25, 0.3) is 5.91 Å². The Morgan fingerprint density at radius 2 is 1.73 bits per heavy atom. The first-order valence-corrected chi connectivity index (χ1v) is 18.1. The molecule has 2 saturated heterocycles. The fraction of sp³-hybridized carbons (Fsp3) is 0.219. The van der Waals surface area contributed by atoms with Gasteiger partial charge in [-0.3, -0.25) is 14.4 Å². The molecule has 0 spiro atoms. The Bertz CT molecular complexity index is 1930. The molecule has 0 saturated carbocycles. The normalized spacial score (nSPS) is 20.7. The van der Waals surface area contributed by atoms with Gasteiger partial charge in [-0.1, -0.05) is 89.7 Å². The summed E-state index contributed by atoms with van der Waals surface area (Å²) in [6.07, 6.45) is -0.665. The van der Waals surface area contributed by atoms with Gasteiger partial charge >= 0.3 is 5.97 Å². The number of amides is 2. The zero-order valence-corrected chi connectivity index (χ0v) is 28.5. The molecular weight excluding hydrogens is 691 g/mol. The van der Waals surface area contributed by atoms with Gasteiger partial charge in [-0.2, -0.15) is 9.36 Å². The number of aromatic nitrogens is 3. The second kappa shape index (κ2) is 13.5. The number of rotatable bonds is 10. The number of benzene rings is 3. The van der Waals surface area contributed by atoms with E-state index in [1.807, 2.05) is 84.9 Å². The Morgan fingerprint density at radius 3 is 2.38 bits per heavy atom. The number of oxime groups is 1. The first-order chi connectivity index (χ1) is 23.3. The van der Waals surface area contributed by atoms with Crippen molar-refractivity contribution in [2.75, 3.05) is 25.1 Å². The van der Waals surface area contributed by atoms with Crippen molar-refractivity contribution in [2.45, 2.75) is 26.6 Å². The van der Waals surface area contributed by atoms with Crippen LogP contribution >= 0.6 is 46.4 Å². The van der Waals surface area contributed by atoms with Crippen LogP contribution in [0, 0.1) is 0 Å². The van der Waals surface area contributed by atoms with Crippen molar-refractivity contribution in [3.8, 4) is 0 Å². The van der Waals surface area contributed by atoms with Crippen LogP contribution in [0.15, 0.2) is 94.4 Å². The van der Waals surface area contributed by atoms with E-state index in [9.17, 15) is 14.4 Å². The van der Waals surface area contributed by atoms with Gasteiger partial charge in [0, 0.05) is 23.8 Å². The average molecular weight is 718 g/mol. The van der Waals surface area contributed by atoms with Crippen LogP contribution in [0.3, 0.4) is 0 Å². The molecule has 3 atom stereocenters. The van der Waals surface area contributed by atoms with Crippen LogP contribution in [0.4, 0.5) is 5.13 Å². The molecule has 16 heteroatoms. The standard InChI is InChI=1S/C32H27N7O5S4/c1-43-37-22(25-36-30(33)48-38-25)26(40)35-23-27(41)39-16-32(17-45-28(23)39,47-31-34-20-14-8-9-15-21(20)46-31)29(42)44-24(18-10-4-2-5-11-18)19-12-6-3-7-13-19/h2-15,23-24,28H,16-17H2,1H3,(H,35,40)(H2,33,36,38)/t23?,28-,32?/m1/s1. The van der Waals surface area contributed by atoms with Crippen molar-refractivity contribution >= 4 is 85.2 Å². The lowest BCUT2D eigenvalue weighted by molar-refractivity contribution is -0.155. The molecule has 5 aromatic rings. The van der Waals surface area contributed by atoms with Gasteiger partial charge in [-0.25, -0.2) is 4.98 Å². The third-order valence-electron chi connectivity index (χ3n) is 7.75. The maximum atomic E-state index is 14.5. The van der Waals surface area contributed by atoms with Crippen LogP contribution < -0.4 is 11.1 Å². The lowest BCUT2D eigenvalue weighted by Crippen LogP contribution is -2.75. The molecule has 244 valence electrons. The van der Waals surface area contributed by atoms with E-state index < -0.39 is 34.1 Å². The Kier molecular flexibility index (Phi) is 9.04. The summed E-state index contributed by atoms with van der Waals surface area (Å²) in [4.78, 5) is 56.6. The summed E-state index contributed by atoms with van der Waals surface area (Å²) in [5.74, 6) is -1.18. The smallest absolute Gasteiger partial charge is 0.326 e. The number of thioether (sulfide) groups is 2. The molecule has 0 bridgehead atoms. The van der Waals surface area contributed by atoms with Crippen molar-refractivity contribution in [1.82, 2.24) is 24.6 Å². The summed E-state index contributed by atoms with van der Waals surface area (Å²) in [5.41, 5.74) is 7.97. The summed E-state index contributed by atoms with van der Waals surface area (Å²) in [7, 11) is 1.29. The van der Waals surface area contributed by atoms with Gasteiger partial charge in [0.15, 0.2) is 15.6 Å². The molecule has 7 rings (SSSR count). The van der Waals surface area contributed by atoms with E-state index in [1.165, 1.54) is 42.0 Å². The number of hydrogen-bond acceptors (Lipinski definition) is 14. The molecule has 0 aliphatic carbocycles. The van der Waals surface area contributed by atoms with Gasteiger partial charge in [-0.05, 0) is 23.3 Å². The number of nitrogens with zero attached hydrogens (tertiary/aromatic N) is 5. The van der Waals surface area contributed by atoms with E-state index in [-0.39, 0.29) is 29.1 Å². The van der Waals surface area contributed by atoms with Gasteiger partial charge in [0.2, 0.25) is 17.4 Å². The predicted octanol–water partition coefficient (Wildman–Crippen LogP) is 4.34. The number of esters is 1. The summed E-state index contributed by atoms with van der Waals surface area (Å²) in [6, 6.07) is 26.0. The number of nitrogens with two attached hydrogens (primary N) is 1. The van der Waals surface area contributed by atoms with E-state index in [0.717, 1.165) is 32.9 Å². The van der Waals surface area contributed by atoms with Gasteiger partial charge in [0.1, 0.15) is 23.3 Å². The average Bonchev–Trinajstić information content (AvgIpc) is 3.74. The lowest BCUT2D eigenvalue weighted by atomic mass is 10.00. The van der Waals surface area contributed by atoms with E-state index in [2.05, 4.69) is 19.8 Å². The number of β-lactam (4-membered cyclic amide) rings is 1. The number of para-hydroxylation sites is 1. The van der Waals surface area contributed by atoms with Gasteiger partial charge in [-0.15, -0.1) is 23.1 Å². The third-order valence-corrected chi connectivity index (χ3v) is 12.4. The van der Waals surface area contributed by atoms with Crippen LogP contribution in [0.1, 0.15) is 23.1 Å².